The van der Waals surface area contributed by atoms with E-state index >= 15 is 0 Å². The van der Waals surface area contributed by atoms with Crippen molar-refractivity contribution in [1.82, 2.24) is 0 Å². The highest BCUT2D eigenvalue weighted by Crippen LogP contribution is 2.34. The Morgan fingerprint density at radius 2 is 1.95 bits per heavy atom. The molecular weight excluding hydrogens is 306 g/mol. The van der Waals surface area contributed by atoms with Crippen LogP contribution in [0, 0.1) is 0 Å². The minimum atomic E-state index is -0.0422. The molecule has 2 aromatic rings. The van der Waals surface area contributed by atoms with Gasteiger partial charge in [0, 0.05) is 22.1 Å². The normalized spacial score (nSPS) is 12.9. The van der Waals surface area contributed by atoms with Gasteiger partial charge in [-0.2, -0.15) is 0 Å². The molecule has 2 N–H and O–H groups in total. The van der Waals surface area contributed by atoms with Crippen LogP contribution < -0.4 is 10.5 Å². The molecule has 0 aromatic heterocycles. The Balaban J connectivity index is 2.07. The number of rotatable bonds is 2. The fraction of sp³-hybridized carbons (Fsp3) is 0.133. The Morgan fingerprint density at radius 3 is 2.68 bits per heavy atom. The molecule has 0 bridgehead atoms. The van der Waals surface area contributed by atoms with Gasteiger partial charge in [0.2, 0.25) is 0 Å². The zero-order chi connectivity index (χ0) is 13.4. The summed E-state index contributed by atoms with van der Waals surface area (Å²) in [5.74, 6) is 0.671. The van der Waals surface area contributed by atoms with Crippen LogP contribution in [-0.2, 0) is 6.42 Å². The number of hydrogen-bond acceptors (Lipinski definition) is 3. The first-order valence-corrected chi connectivity index (χ1v) is 6.80. The molecule has 3 nitrogen and oxygen atoms in total. The second-order valence-corrected chi connectivity index (χ2v) is 5.41. The van der Waals surface area contributed by atoms with Gasteiger partial charge < -0.3 is 10.5 Å². The van der Waals surface area contributed by atoms with Crippen LogP contribution in [0.4, 0.5) is 5.69 Å². The van der Waals surface area contributed by atoms with E-state index in [9.17, 15) is 4.79 Å². The minimum absolute atomic E-state index is 0.0422. The Kier molecular flexibility index (Phi) is 3.03. The van der Waals surface area contributed by atoms with Crippen LogP contribution in [0.5, 0.6) is 5.75 Å². The fourth-order valence-corrected chi connectivity index (χ4v) is 2.73. The molecule has 1 aliphatic heterocycles. The summed E-state index contributed by atoms with van der Waals surface area (Å²) in [4.78, 5) is 12.5. The van der Waals surface area contributed by atoms with Crippen molar-refractivity contribution < 1.29 is 9.53 Å². The van der Waals surface area contributed by atoms with E-state index in [-0.39, 0.29) is 5.78 Å². The van der Waals surface area contributed by atoms with Gasteiger partial charge in [-0.25, -0.2) is 0 Å². The number of fused-ring (bicyclic) bond motifs is 1. The monoisotopic (exact) mass is 317 g/mol. The van der Waals surface area contributed by atoms with Gasteiger partial charge >= 0.3 is 0 Å². The molecule has 96 valence electrons. The molecule has 0 spiro atoms. The molecular formula is C15H12BrNO2. The number of halogens is 1. The van der Waals surface area contributed by atoms with Gasteiger partial charge in [0.1, 0.15) is 5.75 Å². The summed E-state index contributed by atoms with van der Waals surface area (Å²) in [5, 5.41) is 0. The molecule has 3 rings (SSSR count). The van der Waals surface area contributed by atoms with Crippen LogP contribution in [0.15, 0.2) is 40.9 Å². The van der Waals surface area contributed by atoms with E-state index in [4.69, 9.17) is 10.5 Å². The number of carbonyl (C=O) groups is 1. The van der Waals surface area contributed by atoms with E-state index in [0.29, 0.717) is 29.2 Å². The van der Waals surface area contributed by atoms with Crippen molar-refractivity contribution >= 4 is 27.4 Å². The molecule has 0 atom stereocenters. The third-order valence-electron chi connectivity index (χ3n) is 3.17. The lowest BCUT2D eigenvalue weighted by Gasteiger charge is -2.08. The Morgan fingerprint density at radius 1 is 1.21 bits per heavy atom. The summed E-state index contributed by atoms with van der Waals surface area (Å²) in [6.07, 6.45) is 0.844. The summed E-state index contributed by atoms with van der Waals surface area (Å²) in [5.41, 5.74) is 8.58. The predicted molar refractivity (Wildman–Crippen MR) is 77.6 cm³/mol. The molecule has 0 saturated carbocycles. The second-order valence-electron chi connectivity index (χ2n) is 4.49. The Bertz CT molecular complexity index is 650. The average molecular weight is 318 g/mol. The van der Waals surface area contributed by atoms with Crippen molar-refractivity contribution in [2.24, 2.45) is 0 Å². The lowest BCUT2D eigenvalue weighted by Crippen LogP contribution is -2.04. The number of ketones is 1. The SMILES string of the molecule is Nc1ccc(C(=O)c2cc(Br)cc3c2OCC3)cc1. The van der Waals surface area contributed by atoms with Crippen LogP contribution in [0.2, 0.25) is 0 Å². The highest BCUT2D eigenvalue weighted by Gasteiger charge is 2.22. The van der Waals surface area contributed by atoms with Gasteiger partial charge in [-0.3, -0.25) is 4.79 Å². The summed E-state index contributed by atoms with van der Waals surface area (Å²) in [6.45, 7) is 0.633. The first kappa shape index (κ1) is 12.2. The van der Waals surface area contributed by atoms with Gasteiger partial charge in [-0.1, -0.05) is 15.9 Å². The molecule has 0 radical (unpaired) electrons. The number of ether oxygens (including phenoxy) is 1. The summed E-state index contributed by atoms with van der Waals surface area (Å²) < 4.78 is 6.48. The van der Waals surface area contributed by atoms with Crippen molar-refractivity contribution in [2.75, 3.05) is 12.3 Å². The molecule has 19 heavy (non-hydrogen) atoms. The maximum atomic E-state index is 12.5. The topological polar surface area (TPSA) is 52.3 Å². The van der Waals surface area contributed by atoms with Gasteiger partial charge in [-0.15, -0.1) is 0 Å². The van der Waals surface area contributed by atoms with Crippen LogP contribution in [0.3, 0.4) is 0 Å². The third-order valence-corrected chi connectivity index (χ3v) is 3.62. The van der Waals surface area contributed by atoms with E-state index in [0.717, 1.165) is 16.5 Å². The van der Waals surface area contributed by atoms with Crippen LogP contribution >= 0.6 is 15.9 Å². The highest BCUT2D eigenvalue weighted by atomic mass is 79.9. The van der Waals surface area contributed by atoms with E-state index in [1.54, 1.807) is 24.3 Å². The maximum absolute atomic E-state index is 12.5. The van der Waals surface area contributed by atoms with Gasteiger partial charge in [0.15, 0.2) is 5.78 Å². The molecule has 4 heteroatoms. The standard InChI is InChI=1S/C15H12BrNO2/c16-11-7-10-5-6-19-15(10)13(8-11)14(18)9-1-3-12(17)4-2-9/h1-4,7-8H,5-6,17H2. The number of anilines is 1. The quantitative estimate of drug-likeness (QED) is 0.683. The maximum Gasteiger partial charge on any atom is 0.196 e. The zero-order valence-corrected chi connectivity index (χ0v) is 11.7. The van der Waals surface area contributed by atoms with E-state index < -0.39 is 0 Å². The van der Waals surface area contributed by atoms with E-state index in [1.165, 1.54) is 0 Å². The summed E-state index contributed by atoms with van der Waals surface area (Å²) in [7, 11) is 0. The zero-order valence-electron chi connectivity index (χ0n) is 10.2. The van der Waals surface area contributed by atoms with Gasteiger partial charge in [-0.05, 0) is 42.0 Å². The van der Waals surface area contributed by atoms with Crippen LogP contribution in [0.25, 0.3) is 0 Å². The molecule has 0 aliphatic carbocycles. The van der Waals surface area contributed by atoms with Crippen molar-refractivity contribution in [3.63, 3.8) is 0 Å². The summed E-state index contributed by atoms with van der Waals surface area (Å²) in [6, 6.07) is 10.7. The minimum Gasteiger partial charge on any atom is -0.492 e. The van der Waals surface area contributed by atoms with E-state index in [2.05, 4.69) is 15.9 Å². The third kappa shape index (κ3) is 2.24. The van der Waals surface area contributed by atoms with Crippen LogP contribution in [0.1, 0.15) is 21.5 Å². The predicted octanol–water partition coefficient (Wildman–Crippen LogP) is 3.20. The largest absolute Gasteiger partial charge is 0.492 e. The number of hydrogen-bond donors (Lipinski definition) is 1. The van der Waals surface area contributed by atoms with Gasteiger partial charge in [0.25, 0.3) is 0 Å². The number of benzene rings is 2. The Labute approximate surface area is 119 Å². The first-order valence-electron chi connectivity index (χ1n) is 6.00. The summed E-state index contributed by atoms with van der Waals surface area (Å²) >= 11 is 3.44. The molecule has 1 aliphatic rings. The highest BCUT2D eigenvalue weighted by molar-refractivity contribution is 9.10. The lowest BCUT2D eigenvalue weighted by atomic mass is 9.99. The van der Waals surface area contributed by atoms with Gasteiger partial charge in [0.05, 0.1) is 12.2 Å². The number of nitrogen functional groups attached to an aromatic ring is 1. The van der Waals surface area contributed by atoms with Crippen molar-refractivity contribution in [2.45, 2.75) is 6.42 Å². The molecule has 0 saturated heterocycles. The van der Waals surface area contributed by atoms with Crippen LogP contribution in [-0.4, -0.2) is 12.4 Å². The lowest BCUT2D eigenvalue weighted by molar-refractivity contribution is 0.103. The number of carbonyl (C=O) groups excluding carboxylic acids is 1. The molecule has 1 heterocycles. The van der Waals surface area contributed by atoms with Crippen molar-refractivity contribution in [3.05, 3.63) is 57.6 Å². The molecule has 0 amide bonds. The van der Waals surface area contributed by atoms with E-state index in [1.807, 2.05) is 12.1 Å². The molecule has 0 fully saturated rings. The number of nitrogens with two attached hydrogens (primary N) is 1. The fourth-order valence-electron chi connectivity index (χ4n) is 2.23. The first-order chi connectivity index (χ1) is 9.15. The Hall–Kier alpha value is -1.81. The second kappa shape index (κ2) is 4.70. The van der Waals surface area contributed by atoms with Crippen molar-refractivity contribution in [3.8, 4) is 5.75 Å². The van der Waals surface area contributed by atoms with Crippen molar-refractivity contribution in [1.29, 1.82) is 0 Å². The smallest absolute Gasteiger partial charge is 0.196 e. The molecule has 0 unspecified atom stereocenters. The molecule has 2 aromatic carbocycles. The average Bonchev–Trinajstić information content (AvgIpc) is 2.85.